The number of phenols is 1. The molecule has 3 aromatic rings. The molecule has 2 N–H and O–H groups in total. The van der Waals surface area contributed by atoms with Crippen LogP contribution in [0, 0.1) is 11.6 Å². The molecule has 7 heteroatoms. The van der Waals surface area contributed by atoms with Gasteiger partial charge in [0.25, 0.3) is 0 Å². The molecule has 0 aliphatic rings. The van der Waals surface area contributed by atoms with Gasteiger partial charge in [-0.2, -0.15) is 0 Å². The van der Waals surface area contributed by atoms with Crippen molar-refractivity contribution in [3.05, 3.63) is 63.8 Å². The smallest absolute Gasteiger partial charge is 0.344 e. The molecule has 1 aromatic heterocycles. The number of aromatic nitrogens is 1. The van der Waals surface area contributed by atoms with Gasteiger partial charge in [-0.05, 0) is 42.8 Å². The van der Waals surface area contributed by atoms with Gasteiger partial charge < -0.3 is 14.8 Å². The van der Waals surface area contributed by atoms with Crippen LogP contribution in [0.25, 0.3) is 22.2 Å². The maximum atomic E-state index is 13.5. The first-order chi connectivity index (χ1) is 11.9. The fourth-order valence-electron chi connectivity index (χ4n) is 2.53. The molecule has 0 aliphatic carbocycles. The van der Waals surface area contributed by atoms with Gasteiger partial charge in [-0.15, -0.1) is 0 Å². The van der Waals surface area contributed by atoms with Gasteiger partial charge in [0.1, 0.15) is 11.3 Å². The molecule has 0 bridgehead atoms. The van der Waals surface area contributed by atoms with Crippen molar-refractivity contribution in [2.75, 3.05) is 6.61 Å². The molecule has 0 unspecified atom stereocenters. The van der Waals surface area contributed by atoms with E-state index in [4.69, 9.17) is 4.74 Å². The van der Waals surface area contributed by atoms with Crippen LogP contribution in [0.1, 0.15) is 17.3 Å². The lowest BCUT2D eigenvalue weighted by Crippen LogP contribution is -2.20. The van der Waals surface area contributed by atoms with Crippen molar-refractivity contribution in [1.82, 2.24) is 4.98 Å². The molecule has 5 nitrogen and oxygen atoms in total. The second-order valence-electron chi connectivity index (χ2n) is 5.28. The Morgan fingerprint density at radius 3 is 2.44 bits per heavy atom. The van der Waals surface area contributed by atoms with Crippen LogP contribution in [0.5, 0.6) is 5.75 Å². The van der Waals surface area contributed by atoms with Crippen molar-refractivity contribution < 1.29 is 23.4 Å². The SMILES string of the molecule is CCOC(=O)c1c(-c2ccc(O)cc2)[nH]c2cc(F)c(F)cc2c1=O. The van der Waals surface area contributed by atoms with Crippen LogP contribution >= 0.6 is 0 Å². The zero-order valence-electron chi connectivity index (χ0n) is 13.1. The summed E-state index contributed by atoms with van der Waals surface area (Å²) >= 11 is 0. The van der Waals surface area contributed by atoms with Crippen LogP contribution < -0.4 is 5.43 Å². The highest BCUT2D eigenvalue weighted by atomic mass is 19.2. The number of hydrogen-bond acceptors (Lipinski definition) is 4. The van der Waals surface area contributed by atoms with Gasteiger partial charge in [0.2, 0.25) is 5.43 Å². The highest BCUT2D eigenvalue weighted by Crippen LogP contribution is 2.26. The van der Waals surface area contributed by atoms with Gasteiger partial charge in [0.15, 0.2) is 11.6 Å². The van der Waals surface area contributed by atoms with E-state index in [1.165, 1.54) is 24.3 Å². The Morgan fingerprint density at radius 1 is 1.16 bits per heavy atom. The van der Waals surface area contributed by atoms with E-state index in [9.17, 15) is 23.5 Å². The zero-order chi connectivity index (χ0) is 18.1. The van der Waals surface area contributed by atoms with Crippen molar-refractivity contribution in [2.45, 2.75) is 6.92 Å². The highest BCUT2D eigenvalue weighted by Gasteiger charge is 2.22. The van der Waals surface area contributed by atoms with E-state index in [-0.39, 0.29) is 34.5 Å². The molecular weight excluding hydrogens is 332 g/mol. The molecule has 0 fully saturated rings. The quantitative estimate of drug-likeness (QED) is 0.714. The predicted octanol–water partition coefficient (Wildman–Crippen LogP) is 3.36. The van der Waals surface area contributed by atoms with Crippen LogP contribution in [0.4, 0.5) is 8.78 Å². The Hall–Kier alpha value is -3.22. The number of rotatable bonds is 3. The minimum atomic E-state index is -1.19. The molecule has 128 valence electrons. The van der Waals surface area contributed by atoms with Crippen molar-refractivity contribution in [2.24, 2.45) is 0 Å². The summed E-state index contributed by atoms with van der Waals surface area (Å²) in [5, 5.41) is 9.24. The Balaban J connectivity index is 2.38. The Labute approximate surface area is 140 Å². The standard InChI is InChI=1S/C18H13F2NO4/c1-2-25-18(24)15-16(9-3-5-10(22)6-4-9)21-14-8-13(20)12(19)7-11(14)17(15)23/h3-8,22H,2H2,1H3,(H,21,23). The average molecular weight is 345 g/mol. The number of pyridine rings is 1. The van der Waals surface area contributed by atoms with E-state index in [1.54, 1.807) is 6.92 Å². The number of hydrogen-bond donors (Lipinski definition) is 2. The van der Waals surface area contributed by atoms with E-state index in [0.29, 0.717) is 5.56 Å². The van der Waals surface area contributed by atoms with E-state index in [1.807, 2.05) is 0 Å². The number of aromatic hydroxyl groups is 1. The summed E-state index contributed by atoms with van der Waals surface area (Å²) in [4.78, 5) is 27.8. The Bertz CT molecular complexity index is 1030. The van der Waals surface area contributed by atoms with E-state index >= 15 is 0 Å². The molecular formula is C18H13F2NO4. The van der Waals surface area contributed by atoms with Gasteiger partial charge >= 0.3 is 5.97 Å². The van der Waals surface area contributed by atoms with Crippen molar-refractivity contribution in [3.63, 3.8) is 0 Å². The number of H-pyrrole nitrogens is 1. The number of nitrogens with one attached hydrogen (secondary N) is 1. The van der Waals surface area contributed by atoms with Gasteiger partial charge in [0, 0.05) is 11.5 Å². The van der Waals surface area contributed by atoms with Gasteiger partial charge in [0.05, 0.1) is 17.8 Å². The monoisotopic (exact) mass is 345 g/mol. The number of fused-ring (bicyclic) bond motifs is 1. The summed E-state index contributed by atoms with van der Waals surface area (Å²) in [7, 11) is 0. The number of carbonyl (C=O) groups excluding carboxylic acids is 1. The third kappa shape index (κ3) is 2.96. The topological polar surface area (TPSA) is 79.4 Å². The third-order valence-corrected chi connectivity index (χ3v) is 3.68. The van der Waals surface area contributed by atoms with Crippen LogP contribution in [0.15, 0.2) is 41.2 Å². The summed E-state index contributed by atoms with van der Waals surface area (Å²) < 4.78 is 32.0. The Kier molecular flexibility index (Phi) is 4.22. The van der Waals surface area contributed by atoms with Crippen LogP contribution in [0.2, 0.25) is 0 Å². The molecule has 0 saturated carbocycles. The largest absolute Gasteiger partial charge is 0.508 e. The van der Waals surface area contributed by atoms with Crippen LogP contribution in [0.3, 0.4) is 0 Å². The third-order valence-electron chi connectivity index (χ3n) is 3.68. The fraction of sp³-hybridized carbons (Fsp3) is 0.111. The molecule has 3 rings (SSSR count). The summed E-state index contributed by atoms with van der Waals surface area (Å²) in [6.07, 6.45) is 0. The van der Waals surface area contributed by atoms with E-state index < -0.39 is 23.0 Å². The normalized spacial score (nSPS) is 10.8. The first-order valence-corrected chi connectivity index (χ1v) is 7.44. The number of carbonyl (C=O) groups is 1. The van der Waals surface area contributed by atoms with Crippen LogP contribution in [-0.4, -0.2) is 22.7 Å². The molecule has 0 amide bonds. The number of phenolic OH excluding ortho intramolecular Hbond substituents is 1. The molecule has 0 spiro atoms. The Morgan fingerprint density at radius 2 is 1.80 bits per heavy atom. The lowest BCUT2D eigenvalue weighted by Gasteiger charge is -2.11. The summed E-state index contributed by atoms with van der Waals surface area (Å²) in [6.45, 7) is 1.63. The van der Waals surface area contributed by atoms with Crippen molar-refractivity contribution >= 4 is 16.9 Å². The predicted molar refractivity (Wildman–Crippen MR) is 87.5 cm³/mol. The van der Waals surface area contributed by atoms with Crippen molar-refractivity contribution in [1.29, 1.82) is 0 Å². The summed E-state index contributed by atoms with van der Waals surface area (Å²) in [6, 6.07) is 7.30. The maximum absolute atomic E-state index is 13.5. The highest BCUT2D eigenvalue weighted by molar-refractivity contribution is 6.00. The zero-order valence-corrected chi connectivity index (χ0v) is 13.1. The first kappa shape index (κ1) is 16.6. The van der Waals surface area contributed by atoms with Gasteiger partial charge in [-0.3, -0.25) is 4.79 Å². The molecule has 1 heterocycles. The van der Waals surface area contributed by atoms with Gasteiger partial charge in [-0.1, -0.05) is 0 Å². The summed E-state index contributed by atoms with van der Waals surface area (Å²) in [5.74, 6) is -3.19. The minimum Gasteiger partial charge on any atom is -0.508 e. The second kappa shape index (κ2) is 6.35. The second-order valence-corrected chi connectivity index (χ2v) is 5.28. The average Bonchev–Trinajstić information content (AvgIpc) is 2.57. The number of aromatic amines is 1. The number of ether oxygens (including phenoxy) is 1. The van der Waals surface area contributed by atoms with E-state index in [2.05, 4.69) is 4.98 Å². The van der Waals surface area contributed by atoms with Crippen molar-refractivity contribution in [3.8, 4) is 17.0 Å². The molecule has 0 radical (unpaired) electrons. The molecule has 2 aromatic carbocycles. The molecule has 0 saturated heterocycles. The van der Waals surface area contributed by atoms with Crippen LogP contribution in [-0.2, 0) is 4.74 Å². The fourth-order valence-corrected chi connectivity index (χ4v) is 2.53. The first-order valence-electron chi connectivity index (χ1n) is 7.44. The molecule has 0 atom stereocenters. The lowest BCUT2D eigenvalue weighted by atomic mass is 10.0. The molecule has 25 heavy (non-hydrogen) atoms. The minimum absolute atomic E-state index is 0.00214. The molecule has 0 aliphatic heterocycles. The number of esters is 1. The number of halogens is 2. The lowest BCUT2D eigenvalue weighted by molar-refractivity contribution is 0.0525. The maximum Gasteiger partial charge on any atom is 0.344 e. The number of benzene rings is 2. The van der Waals surface area contributed by atoms with Gasteiger partial charge in [-0.25, -0.2) is 13.6 Å². The van der Waals surface area contributed by atoms with E-state index in [0.717, 1.165) is 12.1 Å². The summed E-state index contributed by atoms with van der Waals surface area (Å²) in [5.41, 5.74) is -0.535.